The van der Waals surface area contributed by atoms with Crippen LogP contribution in [-0.4, -0.2) is 84.4 Å². The summed E-state index contributed by atoms with van der Waals surface area (Å²) in [5.74, 6) is -0.560. The molecule has 50 heavy (non-hydrogen) atoms. The summed E-state index contributed by atoms with van der Waals surface area (Å²) in [6, 6.07) is 16.3. The van der Waals surface area contributed by atoms with Gasteiger partial charge in [0.2, 0.25) is 0 Å². The van der Waals surface area contributed by atoms with Crippen molar-refractivity contribution in [2.45, 2.75) is 64.5 Å². The zero-order valence-corrected chi connectivity index (χ0v) is 28.7. The summed E-state index contributed by atoms with van der Waals surface area (Å²) < 4.78 is 51.4. The largest absolute Gasteiger partial charge is 0.490 e. The molecule has 0 bridgehead atoms. The number of nitrogens with one attached hydrogen (secondary N) is 2. The molecule has 4 amide bonds. The third-order valence-electron chi connectivity index (χ3n) is 8.60. The first-order chi connectivity index (χ1) is 23.8. The smallest absolute Gasteiger partial charge is 0.416 e. The number of aliphatic hydroxyl groups is 1. The van der Waals surface area contributed by atoms with Gasteiger partial charge in [-0.3, -0.25) is 9.59 Å². The fraction of sp³-hybridized carbons (Fsp3) is 0.432. The van der Waals surface area contributed by atoms with Crippen molar-refractivity contribution in [2.24, 2.45) is 5.92 Å². The molecule has 0 spiro atoms. The molecule has 4 atom stereocenters. The Morgan fingerprint density at radius 1 is 1.00 bits per heavy atom. The summed E-state index contributed by atoms with van der Waals surface area (Å²) in [4.78, 5) is 43.5. The molecule has 3 aromatic carbocycles. The minimum Gasteiger partial charge on any atom is -0.490 e. The predicted octanol–water partition coefficient (Wildman–Crippen LogP) is 6.92. The summed E-state index contributed by atoms with van der Waals surface area (Å²) in [5, 5.41) is 15.3. The number of alkyl halides is 3. The molecule has 10 nitrogen and oxygen atoms in total. The number of amides is 4. The van der Waals surface area contributed by atoms with Crippen LogP contribution >= 0.6 is 0 Å². The molecular formula is C37H45F3N4O6. The van der Waals surface area contributed by atoms with Gasteiger partial charge in [-0.15, -0.1) is 0 Å². The lowest BCUT2D eigenvalue weighted by Gasteiger charge is -2.36. The maximum Gasteiger partial charge on any atom is 0.416 e. The fourth-order valence-corrected chi connectivity index (χ4v) is 5.65. The lowest BCUT2D eigenvalue weighted by molar-refractivity contribution is -0.137. The van der Waals surface area contributed by atoms with Crippen molar-refractivity contribution in [1.82, 2.24) is 9.80 Å². The van der Waals surface area contributed by atoms with Crippen molar-refractivity contribution in [2.75, 3.05) is 44.0 Å². The van der Waals surface area contributed by atoms with Crippen LogP contribution in [0.1, 0.15) is 66.3 Å². The Labute approximate surface area is 290 Å². The van der Waals surface area contributed by atoms with Gasteiger partial charge in [-0.2, -0.15) is 13.2 Å². The Bertz CT molecular complexity index is 1590. The van der Waals surface area contributed by atoms with Crippen LogP contribution in [-0.2, 0) is 10.9 Å². The van der Waals surface area contributed by atoms with Gasteiger partial charge < -0.3 is 35.0 Å². The summed E-state index contributed by atoms with van der Waals surface area (Å²) >= 11 is 0. The topological polar surface area (TPSA) is 120 Å². The molecule has 0 unspecified atom stereocenters. The molecule has 13 heteroatoms. The van der Waals surface area contributed by atoms with E-state index in [1.165, 1.54) is 11.0 Å². The van der Waals surface area contributed by atoms with Gasteiger partial charge in [0.05, 0.1) is 36.0 Å². The predicted molar refractivity (Wildman–Crippen MR) is 184 cm³/mol. The van der Waals surface area contributed by atoms with E-state index in [0.29, 0.717) is 24.3 Å². The maximum absolute atomic E-state index is 14.3. The van der Waals surface area contributed by atoms with E-state index in [4.69, 9.17) is 9.47 Å². The molecule has 1 aliphatic rings. The Balaban J connectivity index is 1.59. The normalized spacial score (nSPS) is 19.7. The first kappa shape index (κ1) is 38.2. The number of urea groups is 1. The number of carbonyl (C=O) groups excluding carboxylic acids is 3. The SMILES string of the molecule is C[C@@H]1CCCCO[C@H](CN(C)C(=O)c2ccccc2)[C@H](C)CN([C@@H](C)CO)C(=O)c2cc(NC(=O)Nc3ccc(C(F)(F)F)cc3)ccc2O1. The first-order valence-corrected chi connectivity index (χ1v) is 16.7. The number of aliphatic hydroxyl groups excluding tert-OH is 1. The average molecular weight is 699 g/mol. The van der Waals surface area contributed by atoms with Crippen LogP contribution in [0.3, 0.4) is 0 Å². The third kappa shape index (κ3) is 10.4. The van der Waals surface area contributed by atoms with E-state index in [2.05, 4.69) is 10.6 Å². The molecule has 0 aliphatic carbocycles. The van der Waals surface area contributed by atoms with Crippen molar-refractivity contribution < 1.29 is 42.1 Å². The summed E-state index contributed by atoms with van der Waals surface area (Å²) in [6.45, 7) is 6.15. The highest BCUT2D eigenvalue weighted by Gasteiger charge is 2.32. The monoisotopic (exact) mass is 698 g/mol. The lowest BCUT2D eigenvalue weighted by atomic mass is 10.0. The second kappa shape index (κ2) is 17.3. The summed E-state index contributed by atoms with van der Waals surface area (Å²) in [6.07, 6.45) is -2.97. The number of anilines is 2. The molecule has 0 saturated carbocycles. The average Bonchev–Trinajstić information content (AvgIpc) is 3.09. The molecular weight excluding hydrogens is 653 g/mol. The number of ether oxygens (including phenoxy) is 2. The highest BCUT2D eigenvalue weighted by molar-refractivity contribution is 6.02. The van der Waals surface area contributed by atoms with Crippen LogP contribution in [0.25, 0.3) is 0 Å². The van der Waals surface area contributed by atoms with E-state index < -0.39 is 35.8 Å². The van der Waals surface area contributed by atoms with Crippen LogP contribution in [0.5, 0.6) is 5.75 Å². The van der Waals surface area contributed by atoms with Crippen LogP contribution in [0.2, 0.25) is 0 Å². The zero-order valence-electron chi connectivity index (χ0n) is 28.7. The van der Waals surface area contributed by atoms with E-state index in [1.807, 2.05) is 19.9 Å². The molecule has 3 aromatic rings. The Morgan fingerprint density at radius 3 is 2.32 bits per heavy atom. The molecule has 3 N–H and O–H groups in total. The van der Waals surface area contributed by atoms with Crippen LogP contribution in [0.15, 0.2) is 72.8 Å². The van der Waals surface area contributed by atoms with Crippen LogP contribution in [0, 0.1) is 5.92 Å². The quantitative estimate of drug-likeness (QED) is 0.247. The number of rotatable bonds is 7. The van der Waals surface area contributed by atoms with Gasteiger partial charge in [-0.1, -0.05) is 25.1 Å². The number of nitrogens with zero attached hydrogens (tertiary/aromatic N) is 2. The number of carbonyl (C=O) groups is 3. The molecule has 1 heterocycles. The molecule has 1 aliphatic heterocycles. The van der Waals surface area contributed by atoms with Crippen LogP contribution in [0.4, 0.5) is 29.3 Å². The van der Waals surface area contributed by atoms with Gasteiger partial charge >= 0.3 is 12.2 Å². The van der Waals surface area contributed by atoms with Crippen molar-refractivity contribution in [3.63, 3.8) is 0 Å². The van der Waals surface area contributed by atoms with E-state index in [-0.39, 0.29) is 54.6 Å². The number of fused-ring (bicyclic) bond motifs is 1. The highest BCUT2D eigenvalue weighted by Crippen LogP contribution is 2.31. The number of hydrogen-bond donors (Lipinski definition) is 3. The molecule has 0 fully saturated rings. The minimum absolute atomic E-state index is 0.145. The van der Waals surface area contributed by atoms with Crippen LogP contribution < -0.4 is 15.4 Å². The molecule has 270 valence electrons. The Hall–Kier alpha value is -4.62. The number of likely N-dealkylation sites (N-methyl/N-ethyl adjacent to an activating group) is 1. The molecule has 4 rings (SSSR count). The van der Waals surface area contributed by atoms with Crippen molar-refractivity contribution >= 4 is 29.2 Å². The van der Waals surface area contributed by atoms with Crippen molar-refractivity contribution in [3.05, 3.63) is 89.5 Å². The number of hydrogen-bond acceptors (Lipinski definition) is 6. The molecule has 0 saturated heterocycles. The lowest BCUT2D eigenvalue weighted by Crippen LogP contribution is -2.48. The minimum atomic E-state index is -4.51. The van der Waals surface area contributed by atoms with Gasteiger partial charge in [0.1, 0.15) is 5.75 Å². The number of benzene rings is 3. The Kier molecular flexibility index (Phi) is 13.3. The third-order valence-corrected chi connectivity index (χ3v) is 8.60. The Morgan fingerprint density at radius 2 is 1.66 bits per heavy atom. The van der Waals surface area contributed by atoms with E-state index in [0.717, 1.165) is 37.1 Å². The zero-order chi connectivity index (χ0) is 36.4. The van der Waals surface area contributed by atoms with Gasteiger partial charge in [-0.25, -0.2) is 4.79 Å². The molecule has 0 radical (unpaired) electrons. The standard InChI is InChI=1S/C37H45F3N4O6/c1-24-21-44(25(2)23-45)35(47)31-20-30(42-36(48)41-29-15-13-28(14-16-29)37(38,39)40)17-18-32(31)50-26(3)10-8-9-19-49-33(24)22-43(4)34(46)27-11-6-5-7-12-27/h5-7,11-18,20,24-26,33,45H,8-10,19,21-23H2,1-4H3,(H2,41,42,48)/t24-,25+,26-,33-/m1/s1. The van der Waals surface area contributed by atoms with E-state index in [1.54, 1.807) is 55.3 Å². The van der Waals surface area contributed by atoms with Gasteiger partial charge in [0.25, 0.3) is 11.8 Å². The second-order valence-corrected chi connectivity index (χ2v) is 12.7. The summed E-state index contributed by atoms with van der Waals surface area (Å²) in [7, 11) is 1.72. The van der Waals surface area contributed by atoms with E-state index in [9.17, 15) is 32.7 Å². The van der Waals surface area contributed by atoms with E-state index >= 15 is 0 Å². The van der Waals surface area contributed by atoms with Gasteiger partial charge in [0, 0.05) is 49.6 Å². The van der Waals surface area contributed by atoms with Crippen molar-refractivity contribution in [1.29, 1.82) is 0 Å². The molecule has 0 aromatic heterocycles. The highest BCUT2D eigenvalue weighted by atomic mass is 19.4. The summed E-state index contributed by atoms with van der Waals surface area (Å²) in [5.41, 5.74) is 0.251. The maximum atomic E-state index is 14.3. The fourth-order valence-electron chi connectivity index (χ4n) is 5.65. The van der Waals surface area contributed by atoms with Crippen molar-refractivity contribution in [3.8, 4) is 5.75 Å². The van der Waals surface area contributed by atoms with Gasteiger partial charge in [-0.05, 0) is 87.7 Å². The first-order valence-electron chi connectivity index (χ1n) is 16.7. The second-order valence-electron chi connectivity index (χ2n) is 12.7. The van der Waals surface area contributed by atoms with Gasteiger partial charge in [0.15, 0.2) is 0 Å². The number of halogens is 3.